The van der Waals surface area contributed by atoms with Crippen molar-refractivity contribution < 1.29 is 9.53 Å². The number of nitrogens with one attached hydrogen (secondary N) is 1. The van der Waals surface area contributed by atoms with E-state index >= 15 is 0 Å². The molecule has 1 aliphatic rings. The zero-order valence-electron chi connectivity index (χ0n) is 14.8. The summed E-state index contributed by atoms with van der Waals surface area (Å²) in [6.07, 6.45) is 2.07. The predicted molar refractivity (Wildman–Crippen MR) is 113 cm³/mol. The monoisotopic (exact) mass is 470 g/mol. The summed E-state index contributed by atoms with van der Waals surface area (Å²) in [6.45, 7) is 3.36. The van der Waals surface area contributed by atoms with Gasteiger partial charge < -0.3 is 15.0 Å². The molecule has 0 spiro atoms. The Morgan fingerprint density at radius 3 is 2.48 bits per heavy atom. The summed E-state index contributed by atoms with van der Waals surface area (Å²) < 4.78 is 6.97. The smallest absolute Gasteiger partial charge is 0.251 e. The van der Waals surface area contributed by atoms with Crippen molar-refractivity contribution in [1.82, 2.24) is 10.2 Å². The summed E-state index contributed by atoms with van der Waals surface area (Å²) in [4.78, 5) is 14.5. The largest absolute Gasteiger partial charge is 0.490 e. The zero-order valence-corrected chi connectivity index (χ0v) is 17.9. The van der Waals surface area contributed by atoms with Gasteiger partial charge in [0.15, 0.2) is 0 Å². The second-order valence-corrected chi connectivity index (χ2v) is 8.23. The molecular formula is C20H21BrCl2N2O2. The number of piperidine rings is 1. The van der Waals surface area contributed by atoms with Crippen molar-refractivity contribution in [3.8, 4) is 5.75 Å². The number of benzene rings is 2. The van der Waals surface area contributed by atoms with Crippen LogP contribution in [0.4, 0.5) is 0 Å². The number of rotatable bonds is 6. The van der Waals surface area contributed by atoms with Gasteiger partial charge in [0.1, 0.15) is 11.9 Å². The number of hydrogen-bond donors (Lipinski definition) is 1. The summed E-state index contributed by atoms with van der Waals surface area (Å²) in [7, 11) is 0. The van der Waals surface area contributed by atoms with Gasteiger partial charge in [-0.25, -0.2) is 0 Å². The van der Waals surface area contributed by atoms with E-state index in [0.717, 1.165) is 42.7 Å². The molecule has 1 fully saturated rings. The molecule has 0 saturated carbocycles. The van der Waals surface area contributed by atoms with Crippen LogP contribution in [0.3, 0.4) is 0 Å². The molecule has 2 aromatic carbocycles. The van der Waals surface area contributed by atoms with Gasteiger partial charge in [-0.05, 0) is 49.2 Å². The highest BCUT2D eigenvalue weighted by molar-refractivity contribution is 9.10. The van der Waals surface area contributed by atoms with Crippen LogP contribution in [0.5, 0.6) is 5.75 Å². The van der Waals surface area contributed by atoms with E-state index in [-0.39, 0.29) is 12.0 Å². The third kappa shape index (κ3) is 6.11. The zero-order chi connectivity index (χ0) is 19.2. The van der Waals surface area contributed by atoms with E-state index in [1.54, 1.807) is 12.1 Å². The van der Waals surface area contributed by atoms with E-state index < -0.39 is 0 Å². The molecule has 7 heteroatoms. The highest BCUT2D eigenvalue weighted by Crippen LogP contribution is 2.28. The first-order valence-corrected chi connectivity index (χ1v) is 10.4. The van der Waals surface area contributed by atoms with Gasteiger partial charge in [-0.2, -0.15) is 0 Å². The quantitative estimate of drug-likeness (QED) is 0.642. The Hall–Kier alpha value is -1.27. The topological polar surface area (TPSA) is 41.6 Å². The summed E-state index contributed by atoms with van der Waals surface area (Å²) in [6, 6.07) is 12.7. The summed E-state index contributed by atoms with van der Waals surface area (Å²) in [5, 5.41) is 4.01. The van der Waals surface area contributed by atoms with Gasteiger partial charge in [-0.3, -0.25) is 4.79 Å². The van der Waals surface area contributed by atoms with Gasteiger partial charge in [-0.1, -0.05) is 39.1 Å². The van der Waals surface area contributed by atoms with Gasteiger partial charge >= 0.3 is 0 Å². The maximum absolute atomic E-state index is 12.1. The second-order valence-electron chi connectivity index (χ2n) is 6.50. The number of hydrogen-bond acceptors (Lipinski definition) is 3. The number of carbonyl (C=O) groups excluding carboxylic acids is 1. The number of halogens is 3. The Labute approximate surface area is 177 Å². The minimum absolute atomic E-state index is 0.0414. The first kappa shape index (κ1) is 20.5. The lowest BCUT2D eigenvalue weighted by atomic mass is 10.1. The first-order valence-electron chi connectivity index (χ1n) is 8.89. The SMILES string of the molecule is O=C(NCCN1CCC(Oc2ccc(Cl)c(Cl)c2)CC1)c1ccc(Br)cc1. The van der Waals surface area contributed by atoms with Crippen LogP contribution in [-0.4, -0.2) is 43.1 Å². The molecule has 1 amide bonds. The summed E-state index contributed by atoms with van der Waals surface area (Å²) in [5.41, 5.74) is 0.673. The molecule has 144 valence electrons. The van der Waals surface area contributed by atoms with Crippen LogP contribution in [0.2, 0.25) is 10.0 Å². The Morgan fingerprint density at radius 1 is 1.11 bits per heavy atom. The molecule has 1 aliphatic heterocycles. The minimum atomic E-state index is -0.0414. The maximum atomic E-state index is 12.1. The van der Waals surface area contributed by atoms with Crippen molar-refractivity contribution in [3.63, 3.8) is 0 Å². The summed E-state index contributed by atoms with van der Waals surface area (Å²) >= 11 is 15.3. The number of carbonyl (C=O) groups is 1. The van der Waals surface area contributed by atoms with Crippen LogP contribution in [0.15, 0.2) is 46.9 Å². The third-order valence-electron chi connectivity index (χ3n) is 4.55. The van der Waals surface area contributed by atoms with Gasteiger partial charge in [0.05, 0.1) is 10.0 Å². The van der Waals surface area contributed by atoms with Crippen molar-refractivity contribution in [2.24, 2.45) is 0 Å². The molecule has 0 unspecified atom stereocenters. The third-order valence-corrected chi connectivity index (χ3v) is 5.82. The van der Waals surface area contributed by atoms with Crippen LogP contribution >= 0.6 is 39.1 Å². The van der Waals surface area contributed by atoms with Crippen LogP contribution in [0.25, 0.3) is 0 Å². The average Bonchev–Trinajstić information content (AvgIpc) is 2.66. The molecular weight excluding hydrogens is 451 g/mol. The van der Waals surface area contributed by atoms with E-state index in [1.165, 1.54) is 0 Å². The first-order chi connectivity index (χ1) is 13.0. The number of ether oxygens (including phenoxy) is 1. The standard InChI is InChI=1S/C20H21BrCl2N2O2/c21-15-3-1-14(2-4-15)20(26)24-9-12-25-10-7-16(8-11-25)27-17-5-6-18(22)19(23)13-17/h1-6,13,16H,7-12H2,(H,24,26). The molecule has 1 heterocycles. The highest BCUT2D eigenvalue weighted by atomic mass is 79.9. The van der Waals surface area contributed by atoms with Crippen LogP contribution < -0.4 is 10.1 Å². The molecule has 3 rings (SSSR count). The fourth-order valence-electron chi connectivity index (χ4n) is 3.02. The molecule has 0 aromatic heterocycles. The molecule has 0 radical (unpaired) electrons. The van der Waals surface area contributed by atoms with Crippen molar-refractivity contribution in [1.29, 1.82) is 0 Å². The van der Waals surface area contributed by atoms with Gasteiger partial charge in [0.2, 0.25) is 0 Å². The maximum Gasteiger partial charge on any atom is 0.251 e. The lowest BCUT2D eigenvalue weighted by molar-refractivity contribution is 0.0905. The van der Waals surface area contributed by atoms with E-state index in [9.17, 15) is 4.79 Å². The number of amides is 1. The minimum Gasteiger partial charge on any atom is -0.490 e. The van der Waals surface area contributed by atoms with Crippen LogP contribution in [-0.2, 0) is 0 Å². The van der Waals surface area contributed by atoms with Gasteiger partial charge in [0.25, 0.3) is 5.91 Å². The van der Waals surface area contributed by atoms with Crippen molar-refractivity contribution in [2.75, 3.05) is 26.2 Å². The van der Waals surface area contributed by atoms with E-state index in [0.29, 0.717) is 22.2 Å². The Balaban J connectivity index is 1.37. The van der Waals surface area contributed by atoms with Crippen molar-refractivity contribution in [2.45, 2.75) is 18.9 Å². The molecule has 0 atom stereocenters. The van der Waals surface area contributed by atoms with Crippen LogP contribution in [0.1, 0.15) is 23.2 Å². The predicted octanol–water partition coefficient (Wildman–Crippen LogP) is 5.03. The van der Waals surface area contributed by atoms with E-state index in [1.807, 2.05) is 30.3 Å². The van der Waals surface area contributed by atoms with Gasteiger partial charge in [-0.15, -0.1) is 0 Å². The molecule has 0 bridgehead atoms. The number of likely N-dealkylation sites (tertiary alicyclic amines) is 1. The Bertz CT molecular complexity index is 778. The van der Waals surface area contributed by atoms with Crippen LogP contribution in [0, 0.1) is 0 Å². The molecule has 1 saturated heterocycles. The Kier molecular flexibility index (Phi) is 7.41. The van der Waals surface area contributed by atoms with Crippen molar-refractivity contribution >= 4 is 45.0 Å². The molecule has 4 nitrogen and oxygen atoms in total. The molecule has 27 heavy (non-hydrogen) atoms. The van der Waals surface area contributed by atoms with Crippen molar-refractivity contribution in [3.05, 3.63) is 62.5 Å². The van der Waals surface area contributed by atoms with Gasteiger partial charge in [0, 0.05) is 42.3 Å². The normalized spacial score (nSPS) is 15.5. The molecule has 1 N–H and O–H groups in total. The number of nitrogens with zero attached hydrogens (tertiary/aromatic N) is 1. The lowest BCUT2D eigenvalue weighted by Crippen LogP contribution is -2.42. The molecule has 0 aliphatic carbocycles. The second kappa shape index (κ2) is 9.78. The summed E-state index contributed by atoms with van der Waals surface area (Å²) in [5.74, 6) is 0.713. The highest BCUT2D eigenvalue weighted by Gasteiger charge is 2.20. The fraction of sp³-hybridized carbons (Fsp3) is 0.350. The van der Waals surface area contributed by atoms with E-state index in [2.05, 4.69) is 26.1 Å². The fourth-order valence-corrected chi connectivity index (χ4v) is 3.58. The molecule has 2 aromatic rings. The lowest BCUT2D eigenvalue weighted by Gasteiger charge is -2.32. The average molecular weight is 472 g/mol. The Morgan fingerprint density at radius 2 is 1.81 bits per heavy atom. The van der Waals surface area contributed by atoms with E-state index in [4.69, 9.17) is 27.9 Å².